The Morgan fingerprint density at radius 3 is 2.40 bits per heavy atom. The highest BCUT2D eigenvalue weighted by atomic mass is 35.5. The molecule has 0 unspecified atom stereocenters. The molecule has 2 N–H and O–H groups in total. The zero-order valence-electron chi connectivity index (χ0n) is 12.8. The van der Waals surface area contributed by atoms with Crippen molar-refractivity contribution in [3.05, 3.63) is 51.0 Å². The average molecular weight is 405 g/mol. The summed E-state index contributed by atoms with van der Waals surface area (Å²) in [5, 5.41) is 12.4. The van der Waals surface area contributed by atoms with Gasteiger partial charge in [0.2, 0.25) is 0 Å². The number of hydrogen-bond donors (Lipinski definition) is 2. The zero-order chi connectivity index (χ0) is 18.6. The average Bonchev–Trinajstić information content (AvgIpc) is 2.55. The minimum Gasteiger partial charge on any atom is -0.496 e. The maximum Gasteiger partial charge on any atom is 0.339 e. The third-order valence-electron chi connectivity index (χ3n) is 3.05. The third-order valence-corrected chi connectivity index (χ3v) is 3.89. The van der Waals surface area contributed by atoms with Crippen molar-refractivity contribution in [1.29, 1.82) is 0 Å². The topological polar surface area (TPSA) is 84.9 Å². The van der Waals surface area contributed by atoms with Crippen LogP contribution in [0.5, 0.6) is 11.5 Å². The summed E-state index contributed by atoms with van der Waals surface area (Å²) in [7, 11) is 1.31. The van der Waals surface area contributed by atoms with Gasteiger partial charge >= 0.3 is 5.97 Å². The highest BCUT2D eigenvalue weighted by Crippen LogP contribution is 2.31. The molecule has 0 heterocycles. The summed E-state index contributed by atoms with van der Waals surface area (Å²) in [6, 6.07) is 7.11. The Hall–Kier alpha value is -2.15. The van der Waals surface area contributed by atoms with Crippen LogP contribution in [0.3, 0.4) is 0 Å². The molecule has 1 amide bonds. The number of amides is 1. The van der Waals surface area contributed by atoms with Gasteiger partial charge in [-0.1, -0.05) is 34.8 Å². The van der Waals surface area contributed by atoms with Crippen LogP contribution < -0.4 is 14.8 Å². The lowest BCUT2D eigenvalue weighted by Gasteiger charge is -2.12. The van der Waals surface area contributed by atoms with Gasteiger partial charge in [-0.3, -0.25) is 4.79 Å². The van der Waals surface area contributed by atoms with Gasteiger partial charge in [-0.25, -0.2) is 4.79 Å². The fraction of sp³-hybridized carbons (Fsp3) is 0.125. The lowest BCUT2D eigenvalue weighted by molar-refractivity contribution is -0.118. The van der Waals surface area contributed by atoms with Crippen molar-refractivity contribution in [2.24, 2.45) is 0 Å². The van der Waals surface area contributed by atoms with E-state index in [2.05, 4.69) is 5.32 Å². The number of rotatable bonds is 6. The number of carboxylic acids is 1. The van der Waals surface area contributed by atoms with Crippen LogP contribution in [0.2, 0.25) is 15.1 Å². The summed E-state index contributed by atoms with van der Waals surface area (Å²) in [5.74, 6) is -1.35. The van der Waals surface area contributed by atoms with E-state index in [9.17, 15) is 9.59 Å². The van der Waals surface area contributed by atoms with Crippen LogP contribution in [-0.2, 0) is 4.79 Å². The van der Waals surface area contributed by atoms with Crippen LogP contribution in [0.4, 0.5) is 5.69 Å². The number of hydrogen-bond acceptors (Lipinski definition) is 4. The van der Waals surface area contributed by atoms with Crippen molar-refractivity contribution >= 4 is 52.4 Å². The Morgan fingerprint density at radius 1 is 1.08 bits per heavy atom. The van der Waals surface area contributed by atoms with Crippen LogP contribution in [0.15, 0.2) is 30.3 Å². The Balaban J connectivity index is 2.08. The van der Waals surface area contributed by atoms with Gasteiger partial charge in [0.15, 0.2) is 6.61 Å². The van der Waals surface area contributed by atoms with Gasteiger partial charge in [0.1, 0.15) is 17.1 Å². The van der Waals surface area contributed by atoms with Crippen LogP contribution in [0.1, 0.15) is 10.4 Å². The second kappa shape index (κ2) is 8.29. The van der Waals surface area contributed by atoms with Crippen molar-refractivity contribution in [3.63, 3.8) is 0 Å². The molecule has 0 saturated carbocycles. The van der Waals surface area contributed by atoms with Gasteiger partial charge in [-0.2, -0.15) is 0 Å². The van der Waals surface area contributed by atoms with Gasteiger partial charge in [-0.05, 0) is 24.3 Å². The first kappa shape index (κ1) is 19.2. The Bertz CT molecular complexity index is 826. The van der Waals surface area contributed by atoms with Gasteiger partial charge in [0.25, 0.3) is 5.91 Å². The lowest BCUT2D eigenvalue weighted by atomic mass is 10.2. The van der Waals surface area contributed by atoms with Crippen molar-refractivity contribution in [2.75, 3.05) is 19.0 Å². The molecule has 0 spiro atoms. The molecule has 6 nitrogen and oxygen atoms in total. The van der Waals surface area contributed by atoms with Crippen LogP contribution in [0.25, 0.3) is 0 Å². The standard InChI is InChI=1S/C16H12Cl3NO5/c1-24-14-6-12(10(18)5-9(14)16(22)23)20-15(21)7-25-13-3-2-8(17)4-11(13)19/h2-6H,7H2,1H3,(H,20,21)(H,22,23). The summed E-state index contributed by atoms with van der Waals surface area (Å²) < 4.78 is 10.3. The Kier molecular flexibility index (Phi) is 6.36. The molecule has 132 valence electrons. The first-order valence-electron chi connectivity index (χ1n) is 6.80. The van der Waals surface area contributed by atoms with Gasteiger partial charge in [0.05, 0.1) is 22.8 Å². The second-order valence-corrected chi connectivity index (χ2v) is 6.00. The normalized spacial score (nSPS) is 10.2. The number of carbonyl (C=O) groups excluding carboxylic acids is 1. The molecule has 0 aliphatic rings. The van der Waals surface area contributed by atoms with E-state index in [4.69, 9.17) is 49.4 Å². The van der Waals surface area contributed by atoms with Crippen molar-refractivity contribution < 1.29 is 24.2 Å². The molecule has 0 aliphatic heterocycles. The van der Waals surface area contributed by atoms with E-state index >= 15 is 0 Å². The summed E-state index contributed by atoms with van der Waals surface area (Å²) in [6.45, 7) is -0.333. The summed E-state index contributed by atoms with van der Waals surface area (Å²) in [5.41, 5.74) is 0.0778. The molecule has 0 atom stereocenters. The van der Waals surface area contributed by atoms with E-state index < -0.39 is 11.9 Å². The number of ether oxygens (including phenoxy) is 2. The largest absolute Gasteiger partial charge is 0.496 e. The van der Waals surface area contributed by atoms with E-state index in [0.29, 0.717) is 10.8 Å². The third kappa shape index (κ3) is 4.92. The predicted molar refractivity (Wildman–Crippen MR) is 95.6 cm³/mol. The molecule has 0 aromatic heterocycles. The fourth-order valence-electron chi connectivity index (χ4n) is 1.91. The quantitative estimate of drug-likeness (QED) is 0.747. The first-order chi connectivity index (χ1) is 11.8. The molecule has 0 saturated heterocycles. The number of halogens is 3. The highest BCUT2D eigenvalue weighted by molar-refractivity contribution is 6.35. The minimum absolute atomic E-state index is 0.0519. The Morgan fingerprint density at radius 2 is 1.80 bits per heavy atom. The molecule has 2 aromatic rings. The fourth-order valence-corrected chi connectivity index (χ4v) is 2.58. The van der Waals surface area contributed by atoms with Gasteiger partial charge in [-0.15, -0.1) is 0 Å². The maximum atomic E-state index is 12.0. The Labute approximate surface area is 158 Å². The molecule has 25 heavy (non-hydrogen) atoms. The van der Waals surface area contributed by atoms with Crippen LogP contribution in [-0.4, -0.2) is 30.7 Å². The maximum absolute atomic E-state index is 12.0. The smallest absolute Gasteiger partial charge is 0.339 e. The van der Waals surface area contributed by atoms with Crippen molar-refractivity contribution in [2.45, 2.75) is 0 Å². The molecule has 2 aromatic carbocycles. The number of benzene rings is 2. The number of aromatic carboxylic acids is 1. The van der Waals surface area contributed by atoms with E-state index in [-0.39, 0.29) is 33.7 Å². The summed E-state index contributed by atoms with van der Waals surface area (Å²) >= 11 is 17.7. The number of carbonyl (C=O) groups is 2. The molecule has 2 rings (SSSR count). The SMILES string of the molecule is COc1cc(NC(=O)COc2ccc(Cl)cc2Cl)c(Cl)cc1C(=O)O. The number of anilines is 1. The molecule has 0 aliphatic carbocycles. The number of carboxylic acid groups (broad SMARTS) is 1. The zero-order valence-corrected chi connectivity index (χ0v) is 15.1. The van der Waals surface area contributed by atoms with E-state index in [1.165, 1.54) is 31.4 Å². The van der Waals surface area contributed by atoms with Gasteiger partial charge < -0.3 is 19.9 Å². The molecule has 0 bridgehead atoms. The molecule has 9 heteroatoms. The van der Waals surface area contributed by atoms with E-state index in [0.717, 1.165) is 0 Å². The van der Waals surface area contributed by atoms with E-state index in [1.54, 1.807) is 6.07 Å². The predicted octanol–water partition coefficient (Wildman–Crippen LogP) is 4.37. The van der Waals surface area contributed by atoms with Crippen LogP contribution >= 0.6 is 34.8 Å². The molecular formula is C16H12Cl3NO5. The summed E-state index contributed by atoms with van der Waals surface area (Å²) in [4.78, 5) is 23.1. The van der Waals surface area contributed by atoms with Crippen LogP contribution in [0, 0.1) is 0 Å². The highest BCUT2D eigenvalue weighted by Gasteiger charge is 2.16. The molecule has 0 radical (unpaired) electrons. The second-order valence-electron chi connectivity index (χ2n) is 4.75. The first-order valence-corrected chi connectivity index (χ1v) is 7.93. The summed E-state index contributed by atoms with van der Waals surface area (Å²) in [6.07, 6.45) is 0. The van der Waals surface area contributed by atoms with E-state index in [1.807, 2.05) is 0 Å². The minimum atomic E-state index is -1.20. The van der Waals surface area contributed by atoms with Gasteiger partial charge in [0, 0.05) is 11.1 Å². The molecular weight excluding hydrogens is 393 g/mol. The lowest BCUT2D eigenvalue weighted by Crippen LogP contribution is -2.20. The van der Waals surface area contributed by atoms with Crippen molar-refractivity contribution in [3.8, 4) is 11.5 Å². The number of nitrogens with one attached hydrogen (secondary N) is 1. The van der Waals surface area contributed by atoms with Crippen molar-refractivity contribution in [1.82, 2.24) is 0 Å². The monoisotopic (exact) mass is 403 g/mol. The number of methoxy groups -OCH3 is 1. The molecule has 0 fully saturated rings.